The molecule has 2 aromatic rings. The molecule has 2 atom stereocenters. The Morgan fingerprint density at radius 3 is 2.37 bits per heavy atom. The van der Waals surface area contributed by atoms with Gasteiger partial charge in [-0.25, -0.2) is 0 Å². The van der Waals surface area contributed by atoms with Crippen molar-refractivity contribution >= 4 is 17.9 Å². The summed E-state index contributed by atoms with van der Waals surface area (Å²) in [6.07, 6.45) is 4.82. The molecule has 0 saturated heterocycles. The Hall–Kier alpha value is -2.55. The number of aldehydes is 1. The van der Waals surface area contributed by atoms with Crippen LogP contribution in [0.4, 0.5) is 0 Å². The van der Waals surface area contributed by atoms with E-state index in [1.807, 2.05) is 6.08 Å². The Kier molecular flexibility index (Phi) is 7.23. The van der Waals surface area contributed by atoms with Gasteiger partial charge in [-0.05, 0) is 59.6 Å². The van der Waals surface area contributed by atoms with E-state index in [1.54, 1.807) is 25.3 Å². The van der Waals surface area contributed by atoms with Crippen LogP contribution in [0.5, 0.6) is 11.5 Å². The van der Waals surface area contributed by atoms with Crippen molar-refractivity contribution in [3.05, 3.63) is 58.7 Å². The summed E-state index contributed by atoms with van der Waals surface area (Å²) in [4.78, 5) is 12.0. The fraction of sp³-hybridized carbons (Fsp3) is 0.375. The molecule has 0 aliphatic carbocycles. The number of aromatic hydroxyl groups is 1. The topological polar surface area (TPSA) is 46.5 Å². The first-order chi connectivity index (χ1) is 12.9. The van der Waals surface area contributed by atoms with Crippen LogP contribution in [0.15, 0.2) is 36.4 Å². The zero-order chi connectivity index (χ0) is 20.0. The number of phenolic OH excluding ortho intramolecular Hbond substituents is 1. The van der Waals surface area contributed by atoms with Crippen molar-refractivity contribution in [1.29, 1.82) is 0 Å². The van der Waals surface area contributed by atoms with Gasteiger partial charge in [0.15, 0.2) is 6.29 Å². The van der Waals surface area contributed by atoms with E-state index in [0.29, 0.717) is 23.2 Å². The number of benzene rings is 2. The predicted octanol–water partition coefficient (Wildman–Crippen LogP) is 6.17. The smallest absolute Gasteiger partial charge is 0.150 e. The van der Waals surface area contributed by atoms with E-state index in [1.165, 1.54) is 11.1 Å². The van der Waals surface area contributed by atoms with Gasteiger partial charge in [-0.1, -0.05) is 45.9 Å². The van der Waals surface area contributed by atoms with Crippen LogP contribution in [0.1, 0.15) is 74.6 Å². The average Bonchev–Trinajstić information content (AvgIpc) is 2.71. The van der Waals surface area contributed by atoms with Crippen molar-refractivity contribution in [3.63, 3.8) is 0 Å². The molecule has 3 nitrogen and oxygen atoms in total. The zero-order valence-electron chi connectivity index (χ0n) is 17.0. The van der Waals surface area contributed by atoms with Crippen molar-refractivity contribution < 1.29 is 14.6 Å². The SMILES string of the molecule is CCC(C)c1ccc(/C(C=O)=C/c2ccc(O)cc2OC)c(C(C)CC)c1. The third-order valence-corrected chi connectivity index (χ3v) is 5.37. The van der Waals surface area contributed by atoms with Crippen molar-refractivity contribution in [3.8, 4) is 11.5 Å². The number of hydrogen-bond acceptors (Lipinski definition) is 3. The van der Waals surface area contributed by atoms with E-state index in [9.17, 15) is 9.90 Å². The third kappa shape index (κ3) is 4.79. The van der Waals surface area contributed by atoms with Gasteiger partial charge >= 0.3 is 0 Å². The van der Waals surface area contributed by atoms with E-state index < -0.39 is 0 Å². The molecule has 0 saturated carbocycles. The van der Waals surface area contributed by atoms with Crippen molar-refractivity contribution in [2.24, 2.45) is 0 Å². The van der Waals surface area contributed by atoms with E-state index in [0.717, 1.165) is 30.3 Å². The summed E-state index contributed by atoms with van der Waals surface area (Å²) < 4.78 is 5.35. The fourth-order valence-corrected chi connectivity index (χ4v) is 3.18. The maximum atomic E-state index is 12.0. The van der Waals surface area contributed by atoms with Gasteiger partial charge in [-0.2, -0.15) is 0 Å². The Bertz CT molecular complexity index is 820. The highest BCUT2D eigenvalue weighted by Crippen LogP contribution is 2.33. The molecule has 0 fully saturated rings. The molecule has 0 spiro atoms. The second-order valence-corrected chi connectivity index (χ2v) is 7.11. The molecule has 3 heteroatoms. The minimum absolute atomic E-state index is 0.134. The molecule has 0 radical (unpaired) electrons. The first-order valence-electron chi connectivity index (χ1n) is 9.63. The van der Waals surface area contributed by atoms with Crippen LogP contribution in [0.2, 0.25) is 0 Å². The minimum Gasteiger partial charge on any atom is -0.508 e. The molecule has 1 N–H and O–H groups in total. The highest BCUT2D eigenvalue weighted by Gasteiger charge is 2.16. The summed E-state index contributed by atoms with van der Waals surface area (Å²) in [6.45, 7) is 8.78. The maximum Gasteiger partial charge on any atom is 0.150 e. The lowest BCUT2D eigenvalue weighted by Crippen LogP contribution is -2.02. The van der Waals surface area contributed by atoms with E-state index in [4.69, 9.17) is 4.74 Å². The number of carbonyl (C=O) groups is 1. The summed E-state index contributed by atoms with van der Waals surface area (Å²) in [5.74, 6) is 1.52. The number of hydrogen-bond donors (Lipinski definition) is 1. The lowest BCUT2D eigenvalue weighted by molar-refractivity contribution is -0.103. The molecule has 0 aromatic heterocycles. The van der Waals surface area contributed by atoms with Gasteiger partial charge < -0.3 is 9.84 Å². The van der Waals surface area contributed by atoms with Crippen LogP contribution < -0.4 is 4.74 Å². The van der Waals surface area contributed by atoms with Gasteiger partial charge in [-0.3, -0.25) is 4.79 Å². The number of phenols is 1. The van der Waals surface area contributed by atoms with Crippen LogP contribution in [-0.4, -0.2) is 18.5 Å². The molecule has 0 heterocycles. The molecule has 0 amide bonds. The van der Waals surface area contributed by atoms with Crippen molar-refractivity contribution in [2.45, 2.75) is 52.4 Å². The third-order valence-electron chi connectivity index (χ3n) is 5.37. The average molecular weight is 367 g/mol. The quantitative estimate of drug-likeness (QED) is 0.345. The molecule has 2 aromatic carbocycles. The van der Waals surface area contributed by atoms with Gasteiger partial charge in [0.2, 0.25) is 0 Å². The summed E-state index contributed by atoms with van der Waals surface area (Å²) in [5, 5.41) is 9.66. The zero-order valence-corrected chi connectivity index (χ0v) is 17.0. The summed E-state index contributed by atoms with van der Waals surface area (Å²) in [7, 11) is 1.55. The molecule has 27 heavy (non-hydrogen) atoms. The van der Waals surface area contributed by atoms with Gasteiger partial charge in [0.25, 0.3) is 0 Å². The summed E-state index contributed by atoms with van der Waals surface area (Å²) >= 11 is 0. The summed E-state index contributed by atoms with van der Waals surface area (Å²) in [6, 6.07) is 11.3. The lowest BCUT2D eigenvalue weighted by Gasteiger charge is -2.19. The second-order valence-electron chi connectivity index (χ2n) is 7.11. The molecular formula is C24H30O3. The highest BCUT2D eigenvalue weighted by atomic mass is 16.5. The van der Waals surface area contributed by atoms with Crippen molar-refractivity contribution in [2.75, 3.05) is 7.11 Å². The first-order valence-corrected chi connectivity index (χ1v) is 9.63. The Labute approximate surface area is 162 Å². The van der Waals surface area contributed by atoms with Crippen LogP contribution in [-0.2, 0) is 4.79 Å². The number of allylic oxidation sites excluding steroid dienone is 1. The number of ether oxygens (including phenoxy) is 1. The molecule has 0 bridgehead atoms. The molecular weight excluding hydrogens is 336 g/mol. The summed E-state index contributed by atoms with van der Waals surface area (Å²) in [5.41, 5.74) is 4.85. The fourth-order valence-electron chi connectivity index (χ4n) is 3.18. The van der Waals surface area contributed by atoms with Crippen LogP contribution >= 0.6 is 0 Å². The van der Waals surface area contributed by atoms with Gasteiger partial charge in [0.1, 0.15) is 11.5 Å². The van der Waals surface area contributed by atoms with E-state index in [-0.39, 0.29) is 5.75 Å². The molecule has 144 valence electrons. The Morgan fingerprint density at radius 2 is 1.78 bits per heavy atom. The molecule has 2 rings (SSSR count). The van der Waals surface area contributed by atoms with Crippen molar-refractivity contribution in [1.82, 2.24) is 0 Å². The van der Waals surface area contributed by atoms with Gasteiger partial charge in [0, 0.05) is 17.2 Å². The van der Waals surface area contributed by atoms with E-state index in [2.05, 4.69) is 45.9 Å². The number of rotatable bonds is 8. The molecule has 0 aliphatic heterocycles. The molecule has 0 aliphatic rings. The molecule has 2 unspecified atom stereocenters. The minimum atomic E-state index is 0.134. The van der Waals surface area contributed by atoms with Gasteiger partial charge in [-0.15, -0.1) is 0 Å². The Morgan fingerprint density at radius 1 is 1.07 bits per heavy atom. The number of methoxy groups -OCH3 is 1. The number of carbonyl (C=O) groups excluding carboxylic acids is 1. The maximum absolute atomic E-state index is 12.0. The Balaban J connectivity index is 2.60. The second kappa shape index (κ2) is 9.40. The predicted molar refractivity (Wildman–Crippen MR) is 112 cm³/mol. The first kappa shape index (κ1) is 20.8. The lowest BCUT2D eigenvalue weighted by atomic mass is 9.85. The highest BCUT2D eigenvalue weighted by molar-refractivity contribution is 6.14. The normalized spacial score (nSPS) is 13.9. The largest absolute Gasteiger partial charge is 0.508 e. The monoisotopic (exact) mass is 366 g/mol. The van der Waals surface area contributed by atoms with Crippen LogP contribution in [0.25, 0.3) is 11.6 Å². The van der Waals surface area contributed by atoms with Crippen LogP contribution in [0, 0.1) is 0 Å². The van der Waals surface area contributed by atoms with Gasteiger partial charge in [0.05, 0.1) is 7.11 Å². The standard InChI is InChI=1S/C24H30O3/c1-6-16(3)18-9-11-22(23(13-18)17(4)7-2)20(15-25)12-19-8-10-21(26)14-24(19)27-5/h8-17,26H,6-7H2,1-5H3/b20-12+. The van der Waals surface area contributed by atoms with Crippen LogP contribution in [0.3, 0.4) is 0 Å². The van der Waals surface area contributed by atoms with E-state index >= 15 is 0 Å².